The van der Waals surface area contributed by atoms with Crippen molar-refractivity contribution in [2.45, 2.75) is 70.1 Å². The minimum absolute atomic E-state index is 0.101. The largest absolute Gasteiger partial charge is 0.346 e. The minimum Gasteiger partial charge on any atom is -0.346 e. The Hall–Kier alpha value is -0.850. The molecule has 1 aliphatic rings. The monoisotopic (exact) mass is 299 g/mol. The summed E-state index contributed by atoms with van der Waals surface area (Å²) >= 11 is 0. The Labute approximate surface area is 121 Å². The van der Waals surface area contributed by atoms with E-state index in [4.69, 9.17) is 0 Å². The summed E-state index contributed by atoms with van der Waals surface area (Å²) in [5.41, 5.74) is 1.02. The zero-order valence-corrected chi connectivity index (χ0v) is 13.5. The minimum atomic E-state index is -3.42. The molecule has 0 amide bonds. The first-order valence-corrected chi connectivity index (χ1v) is 8.74. The van der Waals surface area contributed by atoms with E-state index in [1.54, 1.807) is 12.3 Å². The summed E-state index contributed by atoms with van der Waals surface area (Å²) in [5.74, 6) is 0. The highest BCUT2D eigenvalue weighted by Crippen LogP contribution is 2.22. The summed E-state index contributed by atoms with van der Waals surface area (Å²) in [7, 11) is -3.42. The fourth-order valence-corrected chi connectivity index (χ4v) is 3.48. The van der Waals surface area contributed by atoms with Crippen molar-refractivity contribution in [3.63, 3.8) is 0 Å². The predicted molar refractivity (Wildman–Crippen MR) is 80.1 cm³/mol. The number of sulfonamides is 1. The van der Waals surface area contributed by atoms with Crippen molar-refractivity contribution in [1.29, 1.82) is 0 Å². The molecule has 0 aliphatic heterocycles. The van der Waals surface area contributed by atoms with E-state index < -0.39 is 10.0 Å². The van der Waals surface area contributed by atoms with Gasteiger partial charge in [0.05, 0.1) is 4.90 Å². The number of aromatic nitrogens is 1. The average molecular weight is 299 g/mol. The standard InChI is InChI=1S/C14H25N3O2S/c1-10(2)16-20(18,19)14-7-13(8-15-12-5-6-12)17(9-14)11(3)4/h7,9-12,15-16H,5-6,8H2,1-4H3. The Bertz CT molecular complexity index is 557. The van der Waals surface area contributed by atoms with E-state index in [2.05, 4.69) is 23.9 Å². The van der Waals surface area contributed by atoms with E-state index in [1.807, 2.05) is 18.4 Å². The summed E-state index contributed by atoms with van der Waals surface area (Å²) < 4.78 is 29.1. The van der Waals surface area contributed by atoms with Crippen LogP contribution in [0.4, 0.5) is 0 Å². The fraction of sp³-hybridized carbons (Fsp3) is 0.714. The second-order valence-electron chi connectivity index (χ2n) is 6.10. The molecule has 2 N–H and O–H groups in total. The summed E-state index contributed by atoms with van der Waals surface area (Å²) in [6.45, 7) is 8.50. The highest BCUT2D eigenvalue weighted by Gasteiger charge is 2.23. The van der Waals surface area contributed by atoms with Gasteiger partial charge in [-0.15, -0.1) is 0 Å². The van der Waals surface area contributed by atoms with Crippen LogP contribution in [0.1, 0.15) is 52.3 Å². The van der Waals surface area contributed by atoms with Gasteiger partial charge >= 0.3 is 0 Å². The second kappa shape index (κ2) is 5.87. The molecule has 20 heavy (non-hydrogen) atoms. The predicted octanol–water partition coefficient (Wildman–Crippen LogP) is 2.01. The van der Waals surface area contributed by atoms with Crippen molar-refractivity contribution < 1.29 is 8.42 Å². The van der Waals surface area contributed by atoms with E-state index in [-0.39, 0.29) is 12.1 Å². The Morgan fingerprint density at radius 3 is 2.45 bits per heavy atom. The van der Waals surface area contributed by atoms with Gasteiger partial charge in [-0.2, -0.15) is 0 Å². The zero-order valence-electron chi connectivity index (χ0n) is 12.7. The first kappa shape index (κ1) is 15.5. The lowest BCUT2D eigenvalue weighted by Crippen LogP contribution is -2.30. The highest BCUT2D eigenvalue weighted by molar-refractivity contribution is 7.89. The summed E-state index contributed by atoms with van der Waals surface area (Å²) in [5, 5.41) is 3.44. The van der Waals surface area contributed by atoms with Crippen molar-refractivity contribution >= 4 is 10.0 Å². The van der Waals surface area contributed by atoms with E-state index in [0.717, 1.165) is 12.2 Å². The third-order valence-electron chi connectivity index (χ3n) is 3.31. The van der Waals surface area contributed by atoms with E-state index in [0.29, 0.717) is 10.9 Å². The van der Waals surface area contributed by atoms with Crippen LogP contribution in [-0.2, 0) is 16.6 Å². The third-order valence-corrected chi connectivity index (χ3v) is 4.94. The molecular formula is C14H25N3O2S. The number of nitrogens with one attached hydrogen (secondary N) is 2. The first-order chi connectivity index (χ1) is 9.29. The van der Waals surface area contributed by atoms with Gasteiger partial charge in [0.1, 0.15) is 0 Å². The van der Waals surface area contributed by atoms with E-state index >= 15 is 0 Å². The Morgan fingerprint density at radius 1 is 1.30 bits per heavy atom. The molecule has 0 spiro atoms. The van der Waals surface area contributed by atoms with Crippen molar-refractivity contribution in [2.24, 2.45) is 0 Å². The Morgan fingerprint density at radius 2 is 1.95 bits per heavy atom. The zero-order chi connectivity index (χ0) is 14.9. The van der Waals surface area contributed by atoms with Gasteiger partial charge in [-0.1, -0.05) is 0 Å². The van der Waals surface area contributed by atoms with Gasteiger partial charge in [0, 0.05) is 36.6 Å². The lowest BCUT2D eigenvalue weighted by Gasteiger charge is -2.13. The number of hydrogen-bond donors (Lipinski definition) is 2. The average Bonchev–Trinajstić information content (AvgIpc) is 3.02. The van der Waals surface area contributed by atoms with Crippen molar-refractivity contribution in [2.75, 3.05) is 0 Å². The summed E-state index contributed by atoms with van der Waals surface area (Å²) in [4.78, 5) is 0.354. The molecule has 2 rings (SSSR count). The maximum Gasteiger partial charge on any atom is 0.242 e. The van der Waals surface area contributed by atoms with Crippen LogP contribution in [-0.4, -0.2) is 25.1 Å². The van der Waals surface area contributed by atoms with Crippen LogP contribution in [0.5, 0.6) is 0 Å². The normalized spacial score (nSPS) is 16.3. The number of hydrogen-bond acceptors (Lipinski definition) is 3. The maximum absolute atomic E-state index is 12.2. The molecule has 0 aromatic carbocycles. The molecule has 1 heterocycles. The Balaban J connectivity index is 2.23. The molecule has 1 aromatic heterocycles. The van der Waals surface area contributed by atoms with Crippen LogP contribution < -0.4 is 10.0 Å². The lowest BCUT2D eigenvalue weighted by molar-refractivity contribution is 0.548. The molecule has 1 aliphatic carbocycles. The Kier molecular flexibility index (Phi) is 4.56. The molecule has 0 saturated heterocycles. The fourth-order valence-electron chi connectivity index (χ4n) is 2.18. The van der Waals surface area contributed by atoms with Crippen molar-refractivity contribution in [1.82, 2.24) is 14.6 Å². The quantitative estimate of drug-likeness (QED) is 0.809. The van der Waals surface area contributed by atoms with Crippen LogP contribution in [0.2, 0.25) is 0 Å². The summed E-state index contributed by atoms with van der Waals surface area (Å²) in [6, 6.07) is 2.53. The van der Waals surface area contributed by atoms with E-state index in [9.17, 15) is 8.42 Å². The van der Waals surface area contributed by atoms with Crippen molar-refractivity contribution in [3.05, 3.63) is 18.0 Å². The SMILES string of the molecule is CC(C)NS(=O)(=O)c1cc(CNC2CC2)n(C(C)C)c1. The molecule has 0 radical (unpaired) electrons. The molecule has 5 nitrogen and oxygen atoms in total. The van der Waals surface area contributed by atoms with Gasteiger partial charge in [-0.25, -0.2) is 13.1 Å². The van der Waals surface area contributed by atoms with Crippen molar-refractivity contribution in [3.8, 4) is 0 Å². The first-order valence-electron chi connectivity index (χ1n) is 7.26. The number of rotatable bonds is 7. The van der Waals surface area contributed by atoms with Gasteiger partial charge in [0.25, 0.3) is 0 Å². The van der Waals surface area contributed by atoms with Gasteiger partial charge in [0.2, 0.25) is 10.0 Å². The molecule has 1 aromatic rings. The molecule has 0 bridgehead atoms. The van der Waals surface area contributed by atoms with Crippen LogP contribution >= 0.6 is 0 Å². The molecule has 0 unspecified atom stereocenters. The van der Waals surface area contributed by atoms with Crippen LogP contribution in [0.25, 0.3) is 0 Å². The lowest BCUT2D eigenvalue weighted by atomic mass is 10.3. The summed E-state index contributed by atoms with van der Waals surface area (Å²) in [6.07, 6.45) is 4.18. The molecule has 114 valence electrons. The second-order valence-corrected chi connectivity index (χ2v) is 7.81. The van der Waals surface area contributed by atoms with Crippen LogP contribution in [0, 0.1) is 0 Å². The van der Waals surface area contributed by atoms with Crippen LogP contribution in [0.3, 0.4) is 0 Å². The highest BCUT2D eigenvalue weighted by atomic mass is 32.2. The van der Waals surface area contributed by atoms with Gasteiger partial charge in [-0.05, 0) is 46.6 Å². The van der Waals surface area contributed by atoms with Crippen LogP contribution in [0.15, 0.2) is 17.2 Å². The molecule has 1 saturated carbocycles. The maximum atomic E-state index is 12.2. The van der Waals surface area contributed by atoms with Gasteiger partial charge in [0.15, 0.2) is 0 Å². The van der Waals surface area contributed by atoms with E-state index in [1.165, 1.54) is 12.8 Å². The molecule has 6 heteroatoms. The molecule has 1 fully saturated rings. The number of nitrogens with zero attached hydrogens (tertiary/aromatic N) is 1. The topological polar surface area (TPSA) is 63.1 Å². The smallest absolute Gasteiger partial charge is 0.242 e. The molecule has 0 atom stereocenters. The van der Waals surface area contributed by atoms with Gasteiger partial charge < -0.3 is 9.88 Å². The van der Waals surface area contributed by atoms with Gasteiger partial charge in [-0.3, -0.25) is 0 Å². The molecular weight excluding hydrogens is 274 g/mol. The third kappa shape index (κ3) is 3.84.